The van der Waals surface area contributed by atoms with Crippen LogP contribution in [0.15, 0.2) is 42.7 Å². The number of piperidine rings is 2. The van der Waals surface area contributed by atoms with E-state index in [9.17, 15) is 14.7 Å². The number of likely N-dealkylation sites (tertiary alicyclic amines) is 1. The van der Waals surface area contributed by atoms with Gasteiger partial charge in [0.05, 0.1) is 17.1 Å². The predicted octanol–water partition coefficient (Wildman–Crippen LogP) is 1.32. The number of nitrogens with zero attached hydrogens (tertiary/aromatic N) is 3. The fourth-order valence-electron chi connectivity index (χ4n) is 3.95. The van der Waals surface area contributed by atoms with Gasteiger partial charge in [0, 0.05) is 37.7 Å². The minimum absolute atomic E-state index is 0.164. The molecule has 2 amide bonds. The van der Waals surface area contributed by atoms with E-state index >= 15 is 0 Å². The molecule has 2 atom stereocenters. The van der Waals surface area contributed by atoms with Gasteiger partial charge in [-0.05, 0) is 31.4 Å². The predicted molar refractivity (Wildman–Crippen MR) is 103 cm³/mol. The van der Waals surface area contributed by atoms with Gasteiger partial charge in [0.25, 0.3) is 5.91 Å². The van der Waals surface area contributed by atoms with Gasteiger partial charge in [0.2, 0.25) is 11.9 Å². The Hall–Kier alpha value is -3.00. The second-order valence-electron chi connectivity index (χ2n) is 7.33. The van der Waals surface area contributed by atoms with Crippen molar-refractivity contribution in [3.8, 4) is 0 Å². The van der Waals surface area contributed by atoms with Crippen molar-refractivity contribution >= 4 is 23.5 Å². The minimum Gasteiger partial charge on any atom is -0.392 e. The van der Waals surface area contributed by atoms with Gasteiger partial charge < -0.3 is 20.6 Å². The van der Waals surface area contributed by atoms with Crippen molar-refractivity contribution in [1.82, 2.24) is 20.2 Å². The highest BCUT2D eigenvalue weighted by atomic mass is 16.3. The number of rotatable bonds is 3. The van der Waals surface area contributed by atoms with Crippen molar-refractivity contribution in [3.05, 3.63) is 48.3 Å². The molecule has 2 aliphatic heterocycles. The smallest absolute Gasteiger partial charge is 0.257 e. The number of anilines is 2. The zero-order valence-electron chi connectivity index (χ0n) is 15.5. The molecule has 2 fully saturated rings. The standard InChI is InChI=1S/C20H23N5O3/c26-16-7-10-25(13-20(16)8-4-9-21-18(20)28)17(27)14-11-22-19(23-12-14)24-15-5-2-1-3-6-15/h1-3,5-6,11-12,16,26H,4,7-10,13H2,(H,21,28)(H,22,23,24)/t16-,20-/m1/s1. The summed E-state index contributed by atoms with van der Waals surface area (Å²) in [6.45, 7) is 1.23. The molecule has 3 heterocycles. The highest BCUT2D eigenvalue weighted by Gasteiger charge is 2.50. The topological polar surface area (TPSA) is 107 Å². The number of aromatic nitrogens is 2. The van der Waals surface area contributed by atoms with Crippen molar-refractivity contribution in [1.29, 1.82) is 0 Å². The third-order valence-electron chi connectivity index (χ3n) is 5.54. The maximum atomic E-state index is 12.9. The summed E-state index contributed by atoms with van der Waals surface area (Å²) in [7, 11) is 0. The monoisotopic (exact) mass is 381 g/mol. The lowest BCUT2D eigenvalue weighted by Gasteiger charge is -2.46. The van der Waals surface area contributed by atoms with E-state index in [1.165, 1.54) is 12.4 Å². The molecule has 1 aromatic heterocycles. The average molecular weight is 381 g/mol. The van der Waals surface area contributed by atoms with Gasteiger partial charge in [-0.25, -0.2) is 9.97 Å². The number of carbonyl (C=O) groups excluding carboxylic acids is 2. The van der Waals surface area contributed by atoms with Crippen molar-refractivity contribution in [2.45, 2.75) is 25.4 Å². The van der Waals surface area contributed by atoms with E-state index in [1.807, 2.05) is 30.3 Å². The molecule has 0 unspecified atom stereocenters. The SMILES string of the molecule is O=C(c1cnc(Nc2ccccc2)nc1)N1CC[C@@H](O)[C@@]2(CCCNC2=O)C1. The Morgan fingerprint density at radius 2 is 2.00 bits per heavy atom. The molecule has 1 spiro atoms. The van der Waals surface area contributed by atoms with E-state index in [1.54, 1.807) is 4.90 Å². The molecular weight excluding hydrogens is 358 g/mol. The van der Waals surface area contributed by atoms with Gasteiger partial charge in [0.15, 0.2) is 0 Å². The summed E-state index contributed by atoms with van der Waals surface area (Å²) in [5.74, 6) is 0.0123. The number of amides is 2. The molecule has 0 aliphatic carbocycles. The summed E-state index contributed by atoms with van der Waals surface area (Å²) in [6, 6.07) is 9.53. The number of nitrogens with one attached hydrogen (secondary N) is 2. The van der Waals surface area contributed by atoms with Gasteiger partial charge in [0.1, 0.15) is 0 Å². The first-order valence-electron chi connectivity index (χ1n) is 9.48. The van der Waals surface area contributed by atoms with E-state index < -0.39 is 11.5 Å². The lowest BCUT2D eigenvalue weighted by molar-refractivity contribution is -0.147. The third kappa shape index (κ3) is 3.43. The molecule has 4 rings (SSSR count). The highest BCUT2D eigenvalue weighted by Crippen LogP contribution is 2.37. The van der Waals surface area contributed by atoms with Gasteiger partial charge in [-0.2, -0.15) is 0 Å². The van der Waals surface area contributed by atoms with Crippen molar-refractivity contribution in [3.63, 3.8) is 0 Å². The molecular formula is C20H23N5O3. The van der Waals surface area contributed by atoms with E-state index in [0.717, 1.165) is 12.1 Å². The maximum Gasteiger partial charge on any atom is 0.257 e. The molecule has 0 saturated carbocycles. The summed E-state index contributed by atoms with van der Waals surface area (Å²) >= 11 is 0. The Kier molecular flexibility index (Phi) is 4.95. The van der Waals surface area contributed by atoms with Crippen LogP contribution in [0.25, 0.3) is 0 Å². The van der Waals surface area contributed by atoms with E-state index in [4.69, 9.17) is 0 Å². The molecule has 2 saturated heterocycles. The molecule has 28 heavy (non-hydrogen) atoms. The Balaban J connectivity index is 1.47. The van der Waals surface area contributed by atoms with Crippen LogP contribution in [-0.4, -0.2) is 57.5 Å². The second kappa shape index (κ2) is 7.55. The molecule has 3 N–H and O–H groups in total. The third-order valence-corrected chi connectivity index (χ3v) is 5.54. The van der Waals surface area contributed by atoms with Crippen molar-refractivity contribution < 1.29 is 14.7 Å². The van der Waals surface area contributed by atoms with Crippen molar-refractivity contribution in [2.24, 2.45) is 5.41 Å². The van der Waals surface area contributed by atoms with Crippen LogP contribution in [0, 0.1) is 5.41 Å². The Morgan fingerprint density at radius 3 is 2.71 bits per heavy atom. The molecule has 2 aliphatic rings. The van der Waals surface area contributed by atoms with Gasteiger partial charge in [-0.3, -0.25) is 9.59 Å². The van der Waals surface area contributed by atoms with Crippen LogP contribution in [0.1, 0.15) is 29.6 Å². The Bertz CT molecular complexity index is 858. The van der Waals surface area contributed by atoms with Gasteiger partial charge >= 0.3 is 0 Å². The number of hydrogen-bond acceptors (Lipinski definition) is 6. The summed E-state index contributed by atoms with van der Waals surface area (Å²) in [4.78, 5) is 35.5. The lowest BCUT2D eigenvalue weighted by atomic mass is 9.71. The van der Waals surface area contributed by atoms with Crippen LogP contribution < -0.4 is 10.6 Å². The molecule has 8 nitrogen and oxygen atoms in total. The number of carbonyl (C=O) groups is 2. The summed E-state index contributed by atoms with van der Waals surface area (Å²) < 4.78 is 0. The normalized spacial score (nSPS) is 24.7. The first kappa shape index (κ1) is 18.4. The number of para-hydroxylation sites is 1. The largest absolute Gasteiger partial charge is 0.392 e. The number of aliphatic hydroxyl groups is 1. The quantitative estimate of drug-likeness (QED) is 0.740. The van der Waals surface area contributed by atoms with Crippen LogP contribution in [0.2, 0.25) is 0 Å². The van der Waals surface area contributed by atoms with E-state index in [2.05, 4.69) is 20.6 Å². The number of aliphatic hydroxyl groups excluding tert-OH is 1. The van der Waals surface area contributed by atoms with Crippen LogP contribution >= 0.6 is 0 Å². The summed E-state index contributed by atoms with van der Waals surface area (Å²) in [5, 5.41) is 16.4. The first-order chi connectivity index (χ1) is 13.6. The zero-order chi connectivity index (χ0) is 19.6. The van der Waals surface area contributed by atoms with Crippen molar-refractivity contribution in [2.75, 3.05) is 25.0 Å². The van der Waals surface area contributed by atoms with Crippen LogP contribution in [-0.2, 0) is 4.79 Å². The number of hydrogen-bond donors (Lipinski definition) is 3. The molecule has 146 valence electrons. The van der Waals surface area contributed by atoms with Crippen LogP contribution in [0.3, 0.4) is 0 Å². The number of benzene rings is 1. The molecule has 0 radical (unpaired) electrons. The van der Waals surface area contributed by atoms with Gasteiger partial charge in [-0.15, -0.1) is 0 Å². The molecule has 0 bridgehead atoms. The molecule has 2 aromatic rings. The maximum absolute atomic E-state index is 12.9. The lowest BCUT2D eigenvalue weighted by Crippen LogP contribution is -2.62. The summed E-state index contributed by atoms with van der Waals surface area (Å²) in [5.41, 5.74) is 0.306. The van der Waals surface area contributed by atoms with Gasteiger partial charge in [-0.1, -0.05) is 18.2 Å². The van der Waals surface area contributed by atoms with Crippen LogP contribution in [0.5, 0.6) is 0 Å². The Labute approximate surface area is 163 Å². The van der Waals surface area contributed by atoms with E-state index in [-0.39, 0.29) is 18.4 Å². The molecule has 1 aromatic carbocycles. The molecule has 8 heteroatoms. The fourth-order valence-corrected chi connectivity index (χ4v) is 3.95. The summed E-state index contributed by atoms with van der Waals surface area (Å²) in [6.07, 6.45) is 4.01. The average Bonchev–Trinajstić information content (AvgIpc) is 2.73. The first-order valence-corrected chi connectivity index (χ1v) is 9.48. The minimum atomic E-state index is -0.915. The second-order valence-corrected chi connectivity index (χ2v) is 7.33. The Morgan fingerprint density at radius 1 is 1.25 bits per heavy atom. The van der Waals surface area contributed by atoms with Crippen LogP contribution in [0.4, 0.5) is 11.6 Å². The zero-order valence-corrected chi connectivity index (χ0v) is 15.5. The van der Waals surface area contributed by atoms with E-state index in [0.29, 0.717) is 37.4 Å². The highest BCUT2D eigenvalue weighted by molar-refractivity contribution is 5.94. The fraction of sp³-hybridized carbons (Fsp3) is 0.400.